The summed E-state index contributed by atoms with van der Waals surface area (Å²) in [5.74, 6) is -1.50. The molecule has 1 heterocycles. The van der Waals surface area contributed by atoms with Gasteiger partial charge in [-0.2, -0.15) is 13.2 Å². The first-order chi connectivity index (χ1) is 11.7. The molecule has 25 heavy (non-hydrogen) atoms. The second-order valence-corrected chi connectivity index (χ2v) is 6.25. The first kappa shape index (κ1) is 19.3. The van der Waals surface area contributed by atoms with Gasteiger partial charge in [-0.25, -0.2) is 4.98 Å². The Bertz CT molecular complexity index is 655. The van der Waals surface area contributed by atoms with Crippen LogP contribution < -0.4 is 10.6 Å². The zero-order chi connectivity index (χ0) is 18.6. The number of hydrogen-bond acceptors (Lipinski definition) is 4. The van der Waals surface area contributed by atoms with Crippen molar-refractivity contribution in [1.82, 2.24) is 10.3 Å². The van der Waals surface area contributed by atoms with Crippen molar-refractivity contribution in [2.45, 2.75) is 37.9 Å². The van der Waals surface area contributed by atoms with Crippen LogP contribution in [0.3, 0.4) is 0 Å². The quantitative estimate of drug-likeness (QED) is 0.707. The molecule has 1 amide bonds. The van der Waals surface area contributed by atoms with E-state index < -0.39 is 23.6 Å². The molecule has 2 atom stereocenters. The summed E-state index contributed by atoms with van der Waals surface area (Å²) in [5, 5.41) is 14.2. The number of carboxylic acids is 1. The molecule has 0 aromatic carbocycles. The van der Waals surface area contributed by atoms with E-state index in [1.165, 1.54) is 0 Å². The first-order valence-electron chi connectivity index (χ1n) is 7.65. The van der Waals surface area contributed by atoms with Gasteiger partial charge in [-0.15, -0.1) is 0 Å². The highest BCUT2D eigenvalue weighted by atomic mass is 35.5. The second-order valence-electron chi connectivity index (χ2n) is 5.84. The van der Waals surface area contributed by atoms with Crippen molar-refractivity contribution in [1.29, 1.82) is 0 Å². The molecule has 1 aromatic heterocycles. The molecule has 0 bridgehead atoms. The van der Waals surface area contributed by atoms with Gasteiger partial charge in [0.25, 0.3) is 0 Å². The van der Waals surface area contributed by atoms with E-state index in [2.05, 4.69) is 15.6 Å². The van der Waals surface area contributed by atoms with E-state index in [0.29, 0.717) is 25.5 Å². The number of aliphatic carboxylic acids is 1. The Labute approximate surface area is 146 Å². The van der Waals surface area contributed by atoms with Crippen LogP contribution in [0.1, 0.15) is 31.2 Å². The summed E-state index contributed by atoms with van der Waals surface area (Å²) in [6.07, 6.45) is -2.25. The average molecular weight is 380 g/mol. The Hall–Kier alpha value is -2.03. The fourth-order valence-electron chi connectivity index (χ4n) is 2.65. The average Bonchev–Trinajstić information content (AvgIpc) is 2.96. The molecule has 1 fully saturated rings. The molecule has 0 spiro atoms. The zero-order valence-electron chi connectivity index (χ0n) is 13.1. The van der Waals surface area contributed by atoms with Crippen LogP contribution in [-0.2, 0) is 15.8 Å². The fraction of sp³-hybridized carbons (Fsp3) is 0.533. The first-order valence-corrected chi connectivity index (χ1v) is 8.03. The highest BCUT2D eigenvalue weighted by Crippen LogP contribution is 2.32. The Morgan fingerprint density at radius 2 is 2.08 bits per heavy atom. The van der Waals surface area contributed by atoms with Crippen LogP contribution >= 0.6 is 11.6 Å². The number of alkyl halides is 3. The van der Waals surface area contributed by atoms with Gasteiger partial charge in [0.05, 0.1) is 16.5 Å². The molecule has 3 N–H and O–H groups in total. The number of nitrogens with zero attached hydrogens (tertiary/aromatic N) is 1. The molecule has 10 heteroatoms. The molecule has 1 saturated carbocycles. The van der Waals surface area contributed by atoms with Gasteiger partial charge in [-0.3, -0.25) is 9.59 Å². The third-order valence-corrected chi connectivity index (χ3v) is 4.25. The number of carboxylic acid groups (broad SMARTS) is 1. The van der Waals surface area contributed by atoms with E-state index in [4.69, 9.17) is 16.7 Å². The van der Waals surface area contributed by atoms with Gasteiger partial charge in [0.2, 0.25) is 5.91 Å². The van der Waals surface area contributed by atoms with E-state index in [9.17, 15) is 22.8 Å². The zero-order valence-corrected chi connectivity index (χ0v) is 13.8. The number of carbonyl (C=O) groups excluding carboxylic acids is 1. The second kappa shape index (κ2) is 7.90. The van der Waals surface area contributed by atoms with Gasteiger partial charge in [-0.05, 0) is 25.3 Å². The number of pyridine rings is 1. The van der Waals surface area contributed by atoms with Crippen molar-refractivity contribution in [2.24, 2.45) is 5.92 Å². The van der Waals surface area contributed by atoms with Crippen LogP contribution in [0.25, 0.3) is 0 Å². The summed E-state index contributed by atoms with van der Waals surface area (Å²) in [4.78, 5) is 26.3. The van der Waals surface area contributed by atoms with Crippen LogP contribution in [0.2, 0.25) is 5.02 Å². The van der Waals surface area contributed by atoms with Crippen LogP contribution in [0, 0.1) is 5.92 Å². The number of halogens is 4. The number of anilines is 1. The summed E-state index contributed by atoms with van der Waals surface area (Å²) in [5.41, 5.74) is -0.949. The van der Waals surface area contributed by atoms with Crippen LogP contribution in [0.5, 0.6) is 0 Å². The number of rotatable bonds is 6. The molecular weight excluding hydrogens is 363 g/mol. The maximum Gasteiger partial charge on any atom is 0.417 e. The van der Waals surface area contributed by atoms with Gasteiger partial charge in [0.15, 0.2) is 0 Å². The lowest BCUT2D eigenvalue weighted by molar-refractivity contribution is -0.141. The van der Waals surface area contributed by atoms with Gasteiger partial charge < -0.3 is 15.7 Å². The topological polar surface area (TPSA) is 91.3 Å². The number of nitrogens with one attached hydrogen (secondary N) is 2. The fourth-order valence-corrected chi connectivity index (χ4v) is 2.89. The minimum atomic E-state index is -4.52. The lowest BCUT2D eigenvalue weighted by Gasteiger charge is -2.13. The Morgan fingerprint density at radius 3 is 2.64 bits per heavy atom. The highest BCUT2D eigenvalue weighted by molar-refractivity contribution is 6.32. The summed E-state index contributed by atoms with van der Waals surface area (Å²) in [6, 6.07) is 0.600. The van der Waals surface area contributed by atoms with Crippen molar-refractivity contribution >= 4 is 29.3 Å². The third kappa shape index (κ3) is 5.48. The standard InChI is InChI=1S/C15H17ClF3N3O3/c16-11-6-9(15(17,18)19)7-21-13(11)20-4-3-12(23)22-10-2-1-8(5-10)14(24)25/h6-8,10H,1-5H2,(H,20,21)(H,22,23)(H,24,25)/t8-,10+/m0/s1. The monoisotopic (exact) mass is 379 g/mol. The van der Waals surface area contributed by atoms with Crippen molar-refractivity contribution in [3.8, 4) is 0 Å². The van der Waals surface area contributed by atoms with E-state index in [-0.39, 0.29) is 35.8 Å². The number of hydrogen-bond donors (Lipinski definition) is 3. The SMILES string of the molecule is O=C(CCNc1ncc(C(F)(F)F)cc1Cl)N[C@@H]1CC[C@H](C(=O)O)C1. The molecule has 1 aromatic rings. The van der Waals surface area contributed by atoms with Crippen molar-refractivity contribution in [2.75, 3.05) is 11.9 Å². The van der Waals surface area contributed by atoms with E-state index in [0.717, 1.165) is 6.07 Å². The molecule has 0 unspecified atom stereocenters. The van der Waals surface area contributed by atoms with Crippen LogP contribution in [0.15, 0.2) is 12.3 Å². The highest BCUT2D eigenvalue weighted by Gasteiger charge is 2.32. The van der Waals surface area contributed by atoms with Gasteiger partial charge >= 0.3 is 12.1 Å². The molecular formula is C15H17ClF3N3O3. The van der Waals surface area contributed by atoms with Crippen molar-refractivity contribution in [3.05, 3.63) is 22.8 Å². The van der Waals surface area contributed by atoms with Crippen molar-refractivity contribution < 1.29 is 27.9 Å². The third-order valence-electron chi connectivity index (χ3n) is 3.96. The van der Waals surface area contributed by atoms with E-state index >= 15 is 0 Å². The van der Waals surface area contributed by atoms with Gasteiger partial charge in [-0.1, -0.05) is 11.6 Å². The smallest absolute Gasteiger partial charge is 0.417 e. The minimum absolute atomic E-state index is 0.0628. The number of aromatic nitrogens is 1. The van der Waals surface area contributed by atoms with E-state index in [1.54, 1.807) is 0 Å². The largest absolute Gasteiger partial charge is 0.481 e. The summed E-state index contributed by atoms with van der Waals surface area (Å²) < 4.78 is 37.6. The Balaban J connectivity index is 1.77. The summed E-state index contributed by atoms with van der Waals surface area (Å²) >= 11 is 5.75. The van der Waals surface area contributed by atoms with Gasteiger partial charge in [0, 0.05) is 25.2 Å². The molecule has 0 aliphatic heterocycles. The lowest BCUT2D eigenvalue weighted by atomic mass is 10.1. The van der Waals surface area contributed by atoms with Crippen molar-refractivity contribution in [3.63, 3.8) is 0 Å². The summed E-state index contributed by atoms with van der Waals surface area (Å²) in [7, 11) is 0. The summed E-state index contributed by atoms with van der Waals surface area (Å²) in [6.45, 7) is 0.138. The molecule has 1 aliphatic carbocycles. The normalized spacial score (nSPS) is 20.3. The van der Waals surface area contributed by atoms with E-state index in [1.807, 2.05) is 0 Å². The molecule has 2 rings (SSSR count). The predicted molar refractivity (Wildman–Crippen MR) is 84.3 cm³/mol. The maximum absolute atomic E-state index is 12.5. The molecule has 0 saturated heterocycles. The molecule has 0 radical (unpaired) electrons. The minimum Gasteiger partial charge on any atom is -0.481 e. The Kier molecular flexibility index (Phi) is 6.10. The molecule has 6 nitrogen and oxygen atoms in total. The molecule has 138 valence electrons. The lowest BCUT2D eigenvalue weighted by Crippen LogP contribution is -2.34. The number of amides is 1. The number of carbonyl (C=O) groups is 2. The predicted octanol–water partition coefficient (Wildman–Crippen LogP) is 2.93. The van der Waals surface area contributed by atoms with Crippen LogP contribution in [-0.4, -0.2) is 34.6 Å². The molecule has 1 aliphatic rings. The Morgan fingerprint density at radius 1 is 1.36 bits per heavy atom. The maximum atomic E-state index is 12.5. The van der Waals surface area contributed by atoms with Gasteiger partial charge in [0.1, 0.15) is 5.82 Å². The van der Waals surface area contributed by atoms with Crippen LogP contribution in [0.4, 0.5) is 19.0 Å².